The standard InChI is InChI=1S/C20H24ClN3O/c1-23(18-12-10-17(21)11-13-18)20(25)22-19-9-5-6-14-24(19)15-16-7-3-2-4-8-16/h2-4,7-8,10-13,19H,5-6,9,14-15H2,1H3,(H,22,25). The third-order valence-electron chi connectivity index (χ3n) is 4.65. The van der Waals surface area contributed by atoms with Gasteiger partial charge in [0, 0.05) is 30.8 Å². The summed E-state index contributed by atoms with van der Waals surface area (Å²) in [5, 5.41) is 3.85. The number of hydrogen-bond donors (Lipinski definition) is 1. The molecular weight excluding hydrogens is 334 g/mol. The molecule has 1 aliphatic heterocycles. The summed E-state index contributed by atoms with van der Waals surface area (Å²) in [6.45, 7) is 1.86. The van der Waals surface area contributed by atoms with Crippen LogP contribution in [0.4, 0.5) is 10.5 Å². The van der Waals surface area contributed by atoms with Crippen molar-refractivity contribution in [1.82, 2.24) is 10.2 Å². The predicted octanol–water partition coefficient (Wildman–Crippen LogP) is 4.50. The average molecular weight is 358 g/mol. The second-order valence-electron chi connectivity index (χ2n) is 6.45. The number of rotatable bonds is 4. The van der Waals surface area contributed by atoms with Crippen molar-refractivity contribution in [1.29, 1.82) is 0 Å². The Morgan fingerprint density at radius 3 is 2.60 bits per heavy atom. The zero-order chi connectivity index (χ0) is 17.6. The number of carbonyl (C=O) groups excluding carboxylic acids is 1. The molecule has 25 heavy (non-hydrogen) atoms. The number of urea groups is 1. The van der Waals surface area contributed by atoms with Crippen molar-refractivity contribution in [3.05, 3.63) is 65.2 Å². The van der Waals surface area contributed by atoms with Crippen LogP contribution in [-0.2, 0) is 6.54 Å². The van der Waals surface area contributed by atoms with E-state index in [0.29, 0.717) is 5.02 Å². The van der Waals surface area contributed by atoms with Crippen LogP contribution in [0.2, 0.25) is 5.02 Å². The number of likely N-dealkylation sites (tertiary alicyclic amines) is 1. The van der Waals surface area contributed by atoms with Gasteiger partial charge in [-0.15, -0.1) is 0 Å². The van der Waals surface area contributed by atoms with Crippen molar-refractivity contribution in [3.8, 4) is 0 Å². The number of nitrogens with zero attached hydrogens (tertiary/aromatic N) is 2. The van der Waals surface area contributed by atoms with Crippen LogP contribution in [0.1, 0.15) is 24.8 Å². The van der Waals surface area contributed by atoms with Gasteiger partial charge in [0.15, 0.2) is 0 Å². The lowest BCUT2D eigenvalue weighted by molar-refractivity contribution is 0.119. The van der Waals surface area contributed by atoms with E-state index in [9.17, 15) is 4.79 Å². The minimum Gasteiger partial charge on any atom is -0.322 e. The number of anilines is 1. The van der Waals surface area contributed by atoms with Crippen LogP contribution >= 0.6 is 11.6 Å². The van der Waals surface area contributed by atoms with Gasteiger partial charge >= 0.3 is 6.03 Å². The quantitative estimate of drug-likeness (QED) is 0.874. The number of carbonyl (C=O) groups is 1. The Morgan fingerprint density at radius 2 is 1.88 bits per heavy atom. The Morgan fingerprint density at radius 1 is 1.16 bits per heavy atom. The van der Waals surface area contributed by atoms with Crippen LogP contribution in [0.15, 0.2) is 54.6 Å². The first-order valence-corrected chi connectivity index (χ1v) is 9.09. The number of benzene rings is 2. The molecule has 2 aromatic carbocycles. The van der Waals surface area contributed by atoms with E-state index in [1.54, 1.807) is 24.1 Å². The van der Waals surface area contributed by atoms with E-state index in [2.05, 4.69) is 34.5 Å². The highest BCUT2D eigenvalue weighted by atomic mass is 35.5. The molecule has 5 heteroatoms. The Kier molecular flexibility index (Phi) is 5.95. The second kappa shape index (κ2) is 8.37. The lowest BCUT2D eigenvalue weighted by Crippen LogP contribution is -2.53. The summed E-state index contributed by atoms with van der Waals surface area (Å²) < 4.78 is 0. The molecule has 1 heterocycles. The first-order chi connectivity index (χ1) is 12.1. The lowest BCUT2D eigenvalue weighted by atomic mass is 10.1. The SMILES string of the molecule is CN(C(=O)NC1CCCCN1Cc1ccccc1)c1ccc(Cl)cc1. The van der Waals surface area contributed by atoms with Crippen molar-refractivity contribution in [2.24, 2.45) is 0 Å². The van der Waals surface area contributed by atoms with Gasteiger partial charge in [0.1, 0.15) is 0 Å². The predicted molar refractivity (Wildman–Crippen MR) is 103 cm³/mol. The molecule has 2 aromatic rings. The first-order valence-electron chi connectivity index (χ1n) is 8.71. The summed E-state index contributed by atoms with van der Waals surface area (Å²) in [5.74, 6) is 0. The molecule has 0 saturated carbocycles. The number of halogens is 1. The van der Waals surface area contributed by atoms with Crippen LogP contribution in [0.5, 0.6) is 0 Å². The van der Waals surface area contributed by atoms with Crippen LogP contribution in [0, 0.1) is 0 Å². The van der Waals surface area contributed by atoms with Gasteiger partial charge in [-0.2, -0.15) is 0 Å². The van der Waals surface area contributed by atoms with Crippen LogP contribution in [0.3, 0.4) is 0 Å². The summed E-state index contributed by atoms with van der Waals surface area (Å²) in [7, 11) is 1.78. The maximum absolute atomic E-state index is 12.6. The molecule has 1 atom stereocenters. The number of piperidine rings is 1. The van der Waals surface area contributed by atoms with Gasteiger partial charge in [-0.1, -0.05) is 41.9 Å². The Bertz CT molecular complexity index is 690. The second-order valence-corrected chi connectivity index (χ2v) is 6.89. The van der Waals surface area contributed by atoms with E-state index in [1.807, 2.05) is 18.2 Å². The average Bonchev–Trinajstić information content (AvgIpc) is 2.64. The summed E-state index contributed by atoms with van der Waals surface area (Å²) >= 11 is 5.92. The van der Waals surface area contributed by atoms with Gasteiger partial charge in [-0.3, -0.25) is 9.80 Å². The Labute approximate surface area is 154 Å². The highest BCUT2D eigenvalue weighted by molar-refractivity contribution is 6.30. The summed E-state index contributed by atoms with van der Waals surface area (Å²) in [6, 6.07) is 17.6. The molecule has 132 valence electrons. The van der Waals surface area contributed by atoms with Crippen LogP contribution in [-0.4, -0.2) is 30.7 Å². The van der Waals surface area contributed by atoms with Gasteiger partial charge in [0.2, 0.25) is 0 Å². The molecule has 1 fully saturated rings. The van der Waals surface area contributed by atoms with Crippen molar-refractivity contribution in [3.63, 3.8) is 0 Å². The fourth-order valence-corrected chi connectivity index (χ4v) is 3.31. The molecule has 2 amide bonds. The molecule has 3 rings (SSSR count). The summed E-state index contributed by atoms with van der Waals surface area (Å²) in [4.78, 5) is 16.6. The third-order valence-corrected chi connectivity index (χ3v) is 4.90. The fraction of sp³-hybridized carbons (Fsp3) is 0.350. The maximum Gasteiger partial charge on any atom is 0.322 e. The van der Waals surface area contributed by atoms with Crippen molar-refractivity contribution in [2.45, 2.75) is 32.0 Å². The van der Waals surface area contributed by atoms with Gasteiger partial charge in [0.05, 0.1) is 6.17 Å². The maximum atomic E-state index is 12.6. The summed E-state index contributed by atoms with van der Waals surface area (Å²) in [6.07, 6.45) is 3.36. The van der Waals surface area contributed by atoms with Gasteiger partial charge < -0.3 is 5.32 Å². The molecule has 1 saturated heterocycles. The molecule has 0 spiro atoms. The van der Waals surface area contributed by atoms with Crippen molar-refractivity contribution >= 4 is 23.3 Å². The normalized spacial score (nSPS) is 17.9. The zero-order valence-electron chi connectivity index (χ0n) is 14.5. The highest BCUT2D eigenvalue weighted by Crippen LogP contribution is 2.20. The van der Waals surface area contributed by atoms with E-state index >= 15 is 0 Å². The van der Waals surface area contributed by atoms with E-state index in [-0.39, 0.29) is 12.2 Å². The van der Waals surface area contributed by atoms with E-state index in [1.165, 1.54) is 12.0 Å². The minimum atomic E-state index is -0.0905. The molecule has 0 radical (unpaired) electrons. The largest absolute Gasteiger partial charge is 0.322 e. The molecule has 1 aliphatic rings. The molecule has 1 unspecified atom stereocenters. The van der Waals surface area contributed by atoms with Gasteiger partial charge in [0.25, 0.3) is 0 Å². The zero-order valence-corrected chi connectivity index (χ0v) is 15.2. The van der Waals surface area contributed by atoms with Crippen LogP contribution < -0.4 is 10.2 Å². The van der Waals surface area contributed by atoms with Crippen LogP contribution in [0.25, 0.3) is 0 Å². The van der Waals surface area contributed by atoms with E-state index in [0.717, 1.165) is 31.6 Å². The lowest BCUT2D eigenvalue weighted by Gasteiger charge is -2.37. The molecule has 4 nitrogen and oxygen atoms in total. The van der Waals surface area contributed by atoms with Crippen molar-refractivity contribution < 1.29 is 4.79 Å². The molecule has 0 bridgehead atoms. The third kappa shape index (κ3) is 4.74. The Hall–Kier alpha value is -2.04. The number of nitrogens with one attached hydrogen (secondary N) is 1. The molecule has 0 aliphatic carbocycles. The smallest absolute Gasteiger partial charge is 0.322 e. The molecule has 0 aromatic heterocycles. The highest BCUT2D eigenvalue weighted by Gasteiger charge is 2.25. The van der Waals surface area contributed by atoms with E-state index < -0.39 is 0 Å². The van der Waals surface area contributed by atoms with E-state index in [4.69, 9.17) is 11.6 Å². The molecule has 1 N–H and O–H groups in total. The minimum absolute atomic E-state index is 0.0659. The number of amides is 2. The van der Waals surface area contributed by atoms with Gasteiger partial charge in [-0.05, 0) is 49.1 Å². The van der Waals surface area contributed by atoms with Crippen molar-refractivity contribution in [2.75, 3.05) is 18.5 Å². The summed E-state index contributed by atoms with van der Waals surface area (Å²) in [5.41, 5.74) is 2.10. The van der Waals surface area contributed by atoms with Gasteiger partial charge in [-0.25, -0.2) is 4.79 Å². The number of hydrogen-bond acceptors (Lipinski definition) is 2. The first kappa shape index (κ1) is 17.8. The monoisotopic (exact) mass is 357 g/mol. The molecular formula is C20H24ClN3O. The fourth-order valence-electron chi connectivity index (χ4n) is 3.18. The Balaban J connectivity index is 1.64. The topological polar surface area (TPSA) is 35.6 Å².